The number of nitrogens with zero attached hydrogens (tertiary/aromatic N) is 1. The second-order valence-corrected chi connectivity index (χ2v) is 9.66. The number of aromatic nitrogens is 1. The summed E-state index contributed by atoms with van der Waals surface area (Å²) in [4.78, 5) is 30.4. The third kappa shape index (κ3) is 4.56. The van der Waals surface area contributed by atoms with Gasteiger partial charge in [-0.3, -0.25) is 4.79 Å². The monoisotopic (exact) mass is 532 g/mol. The van der Waals surface area contributed by atoms with Crippen LogP contribution in [-0.2, 0) is 29.0 Å². The number of H-pyrrole nitrogens is 1. The van der Waals surface area contributed by atoms with E-state index in [0.717, 1.165) is 49.1 Å². The highest BCUT2D eigenvalue weighted by atomic mass is 79.9. The Morgan fingerprint density at radius 3 is 2.60 bits per heavy atom. The van der Waals surface area contributed by atoms with Crippen LogP contribution in [0, 0.1) is 0 Å². The van der Waals surface area contributed by atoms with Gasteiger partial charge < -0.3 is 19.7 Å². The van der Waals surface area contributed by atoms with E-state index in [9.17, 15) is 14.7 Å². The summed E-state index contributed by atoms with van der Waals surface area (Å²) in [6, 6.07) is 20.8. The van der Waals surface area contributed by atoms with Crippen LogP contribution in [0.25, 0.3) is 22.2 Å². The zero-order valence-electron chi connectivity index (χ0n) is 19.3. The van der Waals surface area contributed by atoms with Crippen molar-refractivity contribution in [1.82, 2.24) is 9.88 Å². The van der Waals surface area contributed by atoms with Crippen molar-refractivity contribution in [2.24, 2.45) is 0 Å². The molecule has 1 unspecified atom stereocenters. The highest BCUT2D eigenvalue weighted by Gasteiger charge is 2.34. The van der Waals surface area contributed by atoms with Gasteiger partial charge in [-0.1, -0.05) is 40.2 Å². The average Bonchev–Trinajstić information content (AvgIpc) is 3.25. The molecule has 2 N–H and O–H groups in total. The molecule has 1 amide bonds. The Balaban J connectivity index is 1.43. The van der Waals surface area contributed by atoms with E-state index >= 15 is 0 Å². The van der Waals surface area contributed by atoms with E-state index in [2.05, 4.69) is 20.9 Å². The minimum absolute atomic E-state index is 0.158. The quantitative estimate of drug-likeness (QED) is 0.339. The SMILES string of the molecule is COc1ccc(-c2[nH]c3ccccc3c2CCC(=O)N2Cc3cc(Br)ccc3CC2C(=O)O)cc1. The molecular formula is C28H25BrN2O4. The molecule has 0 saturated carbocycles. The van der Waals surface area contributed by atoms with Gasteiger partial charge in [-0.2, -0.15) is 0 Å². The Hall–Kier alpha value is -3.58. The topological polar surface area (TPSA) is 82.6 Å². The fourth-order valence-electron chi connectivity index (χ4n) is 4.87. The first-order valence-electron chi connectivity index (χ1n) is 11.5. The molecule has 2 heterocycles. The second kappa shape index (κ2) is 9.58. The number of hydrogen-bond acceptors (Lipinski definition) is 3. The molecule has 35 heavy (non-hydrogen) atoms. The van der Waals surface area contributed by atoms with Gasteiger partial charge in [-0.25, -0.2) is 4.79 Å². The lowest BCUT2D eigenvalue weighted by atomic mass is 9.93. The number of halogens is 1. The fraction of sp³-hybridized carbons (Fsp3) is 0.214. The normalized spacial score (nSPS) is 15.1. The number of amides is 1. The van der Waals surface area contributed by atoms with Crippen molar-refractivity contribution in [3.63, 3.8) is 0 Å². The molecule has 178 valence electrons. The van der Waals surface area contributed by atoms with Crippen LogP contribution in [0.4, 0.5) is 0 Å². The summed E-state index contributed by atoms with van der Waals surface area (Å²) in [6.07, 6.45) is 1.03. The molecule has 0 aliphatic carbocycles. The van der Waals surface area contributed by atoms with Crippen LogP contribution < -0.4 is 4.74 Å². The Kier molecular flexibility index (Phi) is 6.34. The largest absolute Gasteiger partial charge is 0.497 e. The maximum Gasteiger partial charge on any atom is 0.326 e. The van der Waals surface area contributed by atoms with Gasteiger partial charge in [0, 0.05) is 40.5 Å². The molecule has 7 heteroatoms. The first-order valence-corrected chi connectivity index (χ1v) is 12.3. The number of aromatic amines is 1. The maximum atomic E-state index is 13.4. The van der Waals surface area contributed by atoms with Gasteiger partial charge >= 0.3 is 5.97 Å². The number of para-hydroxylation sites is 1. The van der Waals surface area contributed by atoms with Crippen molar-refractivity contribution in [3.05, 3.63) is 87.9 Å². The van der Waals surface area contributed by atoms with Crippen LogP contribution in [0.5, 0.6) is 5.75 Å². The van der Waals surface area contributed by atoms with Crippen LogP contribution in [0.3, 0.4) is 0 Å². The minimum atomic E-state index is -0.974. The molecule has 1 aliphatic rings. The number of carboxylic acids is 1. The molecule has 0 radical (unpaired) electrons. The Labute approximate surface area is 211 Å². The molecule has 0 saturated heterocycles. The van der Waals surface area contributed by atoms with Crippen molar-refractivity contribution in [2.45, 2.75) is 31.8 Å². The van der Waals surface area contributed by atoms with Crippen LogP contribution >= 0.6 is 15.9 Å². The number of nitrogens with one attached hydrogen (secondary N) is 1. The predicted octanol–water partition coefficient (Wildman–Crippen LogP) is 5.58. The van der Waals surface area contributed by atoms with Gasteiger partial charge in [0.25, 0.3) is 0 Å². The van der Waals surface area contributed by atoms with Crippen LogP contribution in [0.15, 0.2) is 71.2 Å². The average molecular weight is 533 g/mol. The van der Waals surface area contributed by atoms with E-state index in [0.29, 0.717) is 19.4 Å². The van der Waals surface area contributed by atoms with Crippen LogP contribution in [-0.4, -0.2) is 40.0 Å². The molecule has 3 aromatic carbocycles. The number of carbonyl (C=O) groups excluding carboxylic acids is 1. The van der Waals surface area contributed by atoms with Crippen molar-refractivity contribution >= 4 is 38.7 Å². The van der Waals surface area contributed by atoms with E-state index in [4.69, 9.17) is 4.74 Å². The predicted molar refractivity (Wildman–Crippen MR) is 138 cm³/mol. The first-order chi connectivity index (χ1) is 16.9. The first kappa shape index (κ1) is 23.2. The zero-order chi connectivity index (χ0) is 24.5. The number of hydrogen-bond donors (Lipinski definition) is 2. The molecule has 4 aromatic rings. The summed E-state index contributed by atoms with van der Waals surface area (Å²) < 4.78 is 6.21. The third-order valence-corrected chi connectivity index (χ3v) is 7.18. The number of benzene rings is 3. The molecule has 1 aromatic heterocycles. The van der Waals surface area contributed by atoms with E-state index in [1.165, 1.54) is 4.90 Å². The van der Waals surface area contributed by atoms with Gasteiger partial charge in [-0.05, 0) is 71.1 Å². The van der Waals surface area contributed by atoms with E-state index in [1.807, 2.05) is 66.7 Å². The molecule has 0 bridgehead atoms. The molecule has 0 fully saturated rings. The van der Waals surface area contributed by atoms with Gasteiger partial charge in [0.15, 0.2) is 0 Å². The number of ether oxygens (including phenoxy) is 1. The van der Waals surface area contributed by atoms with Gasteiger partial charge in [0.05, 0.1) is 7.11 Å². The third-order valence-electron chi connectivity index (χ3n) is 6.69. The number of rotatable bonds is 6. The summed E-state index contributed by atoms with van der Waals surface area (Å²) >= 11 is 3.48. The number of aryl methyl sites for hydroxylation is 1. The van der Waals surface area contributed by atoms with Crippen LogP contribution in [0.2, 0.25) is 0 Å². The number of fused-ring (bicyclic) bond motifs is 2. The highest BCUT2D eigenvalue weighted by Crippen LogP contribution is 2.33. The van der Waals surface area contributed by atoms with Crippen molar-refractivity contribution < 1.29 is 19.4 Å². The standard InChI is InChI=1S/C28H25BrN2O4/c1-35-21-10-7-17(8-11-21)27-23(22-4-2-3-5-24(22)30-27)12-13-26(32)31-16-19-14-20(29)9-6-18(19)15-25(31)28(33)34/h2-11,14,25,30H,12-13,15-16H2,1H3,(H,33,34). The second-order valence-electron chi connectivity index (χ2n) is 8.75. The molecule has 5 rings (SSSR count). The zero-order valence-corrected chi connectivity index (χ0v) is 20.8. The summed E-state index contributed by atoms with van der Waals surface area (Å²) in [7, 11) is 1.64. The lowest BCUT2D eigenvalue weighted by Crippen LogP contribution is -2.48. The molecule has 0 spiro atoms. The van der Waals surface area contributed by atoms with Crippen molar-refractivity contribution in [1.29, 1.82) is 0 Å². The summed E-state index contributed by atoms with van der Waals surface area (Å²) in [5, 5.41) is 10.9. The van der Waals surface area contributed by atoms with Gasteiger partial charge in [0.2, 0.25) is 5.91 Å². The van der Waals surface area contributed by atoms with Crippen LogP contribution in [0.1, 0.15) is 23.1 Å². The van der Waals surface area contributed by atoms with Gasteiger partial charge in [-0.15, -0.1) is 0 Å². The smallest absolute Gasteiger partial charge is 0.326 e. The Morgan fingerprint density at radius 2 is 1.86 bits per heavy atom. The number of carbonyl (C=O) groups is 2. The number of aliphatic carboxylic acids is 1. The van der Waals surface area contributed by atoms with E-state index in [-0.39, 0.29) is 12.3 Å². The molecule has 1 atom stereocenters. The lowest BCUT2D eigenvalue weighted by molar-refractivity contribution is -0.151. The fourth-order valence-corrected chi connectivity index (χ4v) is 5.28. The molecular weight excluding hydrogens is 508 g/mol. The summed E-state index contributed by atoms with van der Waals surface area (Å²) in [5.41, 5.74) is 5.97. The van der Waals surface area contributed by atoms with E-state index < -0.39 is 12.0 Å². The molecule has 6 nitrogen and oxygen atoms in total. The van der Waals surface area contributed by atoms with Crippen molar-refractivity contribution in [3.8, 4) is 17.0 Å². The summed E-state index contributed by atoms with van der Waals surface area (Å²) in [5.74, 6) is -0.356. The minimum Gasteiger partial charge on any atom is -0.497 e. The summed E-state index contributed by atoms with van der Waals surface area (Å²) in [6.45, 7) is 0.295. The number of methoxy groups -OCH3 is 1. The lowest BCUT2D eigenvalue weighted by Gasteiger charge is -2.34. The van der Waals surface area contributed by atoms with E-state index in [1.54, 1.807) is 7.11 Å². The highest BCUT2D eigenvalue weighted by molar-refractivity contribution is 9.10. The number of carboxylic acid groups (broad SMARTS) is 1. The van der Waals surface area contributed by atoms with Crippen molar-refractivity contribution in [2.75, 3.05) is 7.11 Å². The Bertz CT molecular complexity index is 1410. The van der Waals surface area contributed by atoms with Gasteiger partial charge in [0.1, 0.15) is 11.8 Å². The maximum absolute atomic E-state index is 13.4. The molecule has 1 aliphatic heterocycles. The Morgan fingerprint density at radius 1 is 1.09 bits per heavy atom.